The molecule has 0 fully saturated rings. The van der Waals surface area contributed by atoms with Gasteiger partial charge in [0.1, 0.15) is 11.8 Å². The third-order valence-electron chi connectivity index (χ3n) is 1.48. The van der Waals surface area contributed by atoms with E-state index in [2.05, 4.69) is 4.74 Å². The molecule has 0 saturated carbocycles. The van der Waals surface area contributed by atoms with Crippen LogP contribution in [0.1, 0.15) is 6.92 Å². The predicted molar refractivity (Wildman–Crippen MR) is 53.0 cm³/mol. The fourth-order valence-electron chi connectivity index (χ4n) is 0.685. The summed E-state index contributed by atoms with van der Waals surface area (Å²) in [6.07, 6.45) is -4.42. The molecule has 1 amide bonds. The lowest BCUT2D eigenvalue weighted by Crippen LogP contribution is -2.35. The molecule has 0 aliphatic rings. The topological polar surface area (TPSA) is 55.4 Å². The zero-order chi connectivity index (χ0) is 12.8. The number of ether oxygens (including phenoxy) is 1. The van der Waals surface area contributed by atoms with Crippen LogP contribution in [-0.4, -0.2) is 42.7 Å². The highest BCUT2D eigenvalue weighted by Gasteiger charge is 2.27. The van der Waals surface area contributed by atoms with E-state index in [1.54, 1.807) is 5.32 Å². The molecular formula is C8H12F3NO3S. The lowest BCUT2D eigenvalue weighted by atomic mass is 10.5. The normalized spacial score (nSPS) is 13.1. The van der Waals surface area contributed by atoms with E-state index in [-0.39, 0.29) is 5.75 Å². The first kappa shape index (κ1) is 15.1. The highest BCUT2D eigenvalue weighted by molar-refractivity contribution is 8.01. The molecule has 0 aromatic rings. The van der Waals surface area contributed by atoms with Gasteiger partial charge < -0.3 is 10.1 Å². The van der Waals surface area contributed by atoms with E-state index >= 15 is 0 Å². The van der Waals surface area contributed by atoms with Gasteiger partial charge in [-0.1, -0.05) is 0 Å². The Balaban J connectivity index is 3.78. The molecule has 0 rings (SSSR count). The highest BCUT2D eigenvalue weighted by atomic mass is 32.2. The standard InChI is InChI=1S/C8H12F3NO3S/c1-5(7(14)15-2)16-3-6(13)12-4-8(9,10)11/h5H,3-4H2,1-2H3,(H,12,13). The molecular weight excluding hydrogens is 247 g/mol. The van der Waals surface area contributed by atoms with Gasteiger partial charge in [0.15, 0.2) is 0 Å². The van der Waals surface area contributed by atoms with Crippen molar-refractivity contribution < 1.29 is 27.5 Å². The van der Waals surface area contributed by atoms with Crippen molar-refractivity contribution in [2.24, 2.45) is 0 Å². The van der Waals surface area contributed by atoms with Crippen molar-refractivity contribution in [3.63, 3.8) is 0 Å². The molecule has 1 atom stereocenters. The van der Waals surface area contributed by atoms with Crippen LogP contribution in [0, 0.1) is 0 Å². The van der Waals surface area contributed by atoms with Crippen LogP contribution in [0.5, 0.6) is 0 Å². The fourth-order valence-corrected chi connectivity index (χ4v) is 1.42. The molecule has 8 heteroatoms. The van der Waals surface area contributed by atoms with Crippen molar-refractivity contribution >= 4 is 23.6 Å². The summed E-state index contributed by atoms with van der Waals surface area (Å²) in [6, 6.07) is 0. The van der Waals surface area contributed by atoms with Crippen LogP contribution in [0.2, 0.25) is 0 Å². The molecule has 0 aromatic carbocycles. The summed E-state index contributed by atoms with van der Waals surface area (Å²) in [5.74, 6) is -1.50. The number of carbonyl (C=O) groups excluding carboxylic acids is 2. The van der Waals surface area contributed by atoms with Crippen LogP contribution in [0.3, 0.4) is 0 Å². The first-order valence-electron chi connectivity index (χ1n) is 4.29. The van der Waals surface area contributed by atoms with Gasteiger partial charge in [0.05, 0.1) is 12.9 Å². The number of thioether (sulfide) groups is 1. The Labute approximate surface area is 94.9 Å². The van der Waals surface area contributed by atoms with Crippen molar-refractivity contribution in [3.05, 3.63) is 0 Å². The quantitative estimate of drug-likeness (QED) is 0.747. The van der Waals surface area contributed by atoms with E-state index in [4.69, 9.17) is 0 Å². The molecule has 1 N–H and O–H groups in total. The second kappa shape index (κ2) is 6.62. The molecule has 0 saturated heterocycles. The molecule has 4 nitrogen and oxygen atoms in total. The first-order valence-corrected chi connectivity index (χ1v) is 5.34. The van der Waals surface area contributed by atoms with Crippen LogP contribution in [0.25, 0.3) is 0 Å². The molecule has 0 spiro atoms. The number of nitrogens with one attached hydrogen (secondary N) is 1. The van der Waals surface area contributed by atoms with E-state index in [9.17, 15) is 22.8 Å². The summed E-state index contributed by atoms with van der Waals surface area (Å²) in [6.45, 7) is 0.145. The zero-order valence-electron chi connectivity index (χ0n) is 8.76. The average molecular weight is 259 g/mol. The zero-order valence-corrected chi connectivity index (χ0v) is 9.57. The van der Waals surface area contributed by atoms with Crippen molar-refractivity contribution in [2.45, 2.75) is 18.3 Å². The third-order valence-corrected chi connectivity index (χ3v) is 2.60. The van der Waals surface area contributed by atoms with Gasteiger partial charge in [-0.05, 0) is 6.92 Å². The molecule has 0 aliphatic heterocycles. The summed E-state index contributed by atoms with van der Waals surface area (Å²) in [7, 11) is 1.20. The van der Waals surface area contributed by atoms with Crippen molar-refractivity contribution in [1.29, 1.82) is 0 Å². The monoisotopic (exact) mass is 259 g/mol. The maximum absolute atomic E-state index is 11.7. The minimum atomic E-state index is -4.42. The summed E-state index contributed by atoms with van der Waals surface area (Å²) < 4.78 is 39.5. The minimum absolute atomic E-state index is 0.216. The van der Waals surface area contributed by atoms with Gasteiger partial charge in [0.2, 0.25) is 5.91 Å². The molecule has 0 bridgehead atoms. The van der Waals surface area contributed by atoms with Gasteiger partial charge in [-0.15, -0.1) is 11.8 Å². The first-order chi connectivity index (χ1) is 7.26. The Hall–Kier alpha value is -0.920. The lowest BCUT2D eigenvalue weighted by Gasteiger charge is -2.10. The highest BCUT2D eigenvalue weighted by Crippen LogP contribution is 2.13. The van der Waals surface area contributed by atoms with Crippen molar-refractivity contribution in [2.75, 3.05) is 19.4 Å². The molecule has 94 valence electrons. The average Bonchev–Trinajstić information content (AvgIpc) is 2.20. The molecule has 0 aromatic heterocycles. The number of esters is 1. The largest absolute Gasteiger partial charge is 0.468 e. The van der Waals surface area contributed by atoms with Crippen LogP contribution in [0.15, 0.2) is 0 Å². The smallest absolute Gasteiger partial charge is 0.405 e. The Bertz CT molecular complexity index is 257. The van der Waals surface area contributed by atoms with E-state index in [0.717, 1.165) is 11.8 Å². The predicted octanol–water partition coefficient (Wildman–Crippen LogP) is 0.960. The Kier molecular flexibility index (Phi) is 6.24. The fraction of sp³-hybridized carbons (Fsp3) is 0.750. The second-order valence-electron chi connectivity index (χ2n) is 2.87. The van der Waals surface area contributed by atoms with Crippen molar-refractivity contribution in [3.8, 4) is 0 Å². The van der Waals surface area contributed by atoms with Gasteiger partial charge >= 0.3 is 12.1 Å². The maximum atomic E-state index is 11.7. The van der Waals surface area contributed by atoms with E-state index in [1.165, 1.54) is 14.0 Å². The number of halogens is 3. The van der Waals surface area contributed by atoms with Crippen molar-refractivity contribution in [1.82, 2.24) is 5.32 Å². The maximum Gasteiger partial charge on any atom is 0.405 e. The van der Waals surface area contributed by atoms with Crippen LogP contribution < -0.4 is 5.32 Å². The van der Waals surface area contributed by atoms with Gasteiger partial charge in [-0.3, -0.25) is 9.59 Å². The molecule has 16 heavy (non-hydrogen) atoms. The molecule has 0 heterocycles. The Morgan fingerprint density at radius 1 is 1.44 bits per heavy atom. The summed E-state index contributed by atoms with van der Waals surface area (Å²) in [5, 5.41) is 1.12. The SMILES string of the molecule is COC(=O)C(C)SCC(=O)NCC(F)(F)F. The summed E-state index contributed by atoms with van der Waals surface area (Å²) in [5.41, 5.74) is 0. The Morgan fingerprint density at radius 3 is 2.44 bits per heavy atom. The number of rotatable bonds is 5. The number of hydrogen-bond acceptors (Lipinski definition) is 4. The molecule has 1 unspecified atom stereocenters. The lowest BCUT2D eigenvalue weighted by molar-refractivity contribution is -0.139. The van der Waals surface area contributed by atoms with Gasteiger partial charge in [0, 0.05) is 0 Å². The van der Waals surface area contributed by atoms with E-state index in [1.807, 2.05) is 0 Å². The van der Waals surface area contributed by atoms with Crippen LogP contribution in [-0.2, 0) is 14.3 Å². The number of methoxy groups -OCH3 is 1. The van der Waals surface area contributed by atoms with Gasteiger partial charge in [0.25, 0.3) is 0 Å². The van der Waals surface area contributed by atoms with E-state index in [0.29, 0.717) is 0 Å². The minimum Gasteiger partial charge on any atom is -0.468 e. The second-order valence-corrected chi connectivity index (χ2v) is 4.20. The molecule has 0 radical (unpaired) electrons. The summed E-state index contributed by atoms with van der Waals surface area (Å²) in [4.78, 5) is 21.8. The van der Waals surface area contributed by atoms with Crippen LogP contribution in [0.4, 0.5) is 13.2 Å². The number of hydrogen-bond donors (Lipinski definition) is 1. The number of alkyl halides is 3. The summed E-state index contributed by atoms with van der Waals surface area (Å²) >= 11 is 0.914. The van der Waals surface area contributed by atoms with Crippen LogP contribution >= 0.6 is 11.8 Å². The number of amides is 1. The Morgan fingerprint density at radius 2 is 2.00 bits per heavy atom. The van der Waals surface area contributed by atoms with Gasteiger partial charge in [-0.2, -0.15) is 13.2 Å². The van der Waals surface area contributed by atoms with Gasteiger partial charge in [-0.25, -0.2) is 0 Å². The third kappa shape index (κ3) is 7.38. The van der Waals surface area contributed by atoms with E-state index < -0.39 is 29.8 Å². The number of carbonyl (C=O) groups is 2. The molecule has 0 aliphatic carbocycles.